The molecule has 1 saturated carbocycles. The van der Waals surface area contributed by atoms with E-state index in [9.17, 15) is 13.2 Å². The number of sulfonamides is 1. The first-order valence-corrected chi connectivity index (χ1v) is 10.3. The van der Waals surface area contributed by atoms with Gasteiger partial charge in [-0.25, -0.2) is 18.1 Å². The summed E-state index contributed by atoms with van der Waals surface area (Å²) in [6.07, 6.45) is 1.74. The highest BCUT2D eigenvalue weighted by Gasteiger charge is 2.27. The summed E-state index contributed by atoms with van der Waals surface area (Å²) >= 11 is 0. The molecule has 28 heavy (non-hydrogen) atoms. The highest BCUT2D eigenvalue weighted by molar-refractivity contribution is 7.89. The zero-order chi connectivity index (χ0) is 19.7. The van der Waals surface area contributed by atoms with Crippen molar-refractivity contribution < 1.29 is 13.2 Å². The molecule has 0 radical (unpaired) electrons. The number of nitrogens with one attached hydrogen (secondary N) is 3. The van der Waals surface area contributed by atoms with Crippen LogP contribution in [-0.4, -0.2) is 35.5 Å². The second-order valence-corrected chi connectivity index (χ2v) is 8.41. The quantitative estimate of drug-likeness (QED) is 0.591. The number of carbonyl (C=O) groups excluding carboxylic acids is 1. The topological polar surface area (TPSA) is 117 Å². The minimum atomic E-state index is -3.52. The maximum absolute atomic E-state index is 12.4. The zero-order valence-electron chi connectivity index (χ0n) is 15.1. The van der Waals surface area contributed by atoms with Gasteiger partial charge in [-0.2, -0.15) is 5.10 Å². The lowest BCUT2D eigenvalue weighted by molar-refractivity contribution is 0.102. The molecule has 1 fully saturated rings. The van der Waals surface area contributed by atoms with Gasteiger partial charge < -0.3 is 5.32 Å². The van der Waals surface area contributed by atoms with Crippen molar-refractivity contribution in [2.45, 2.75) is 30.7 Å². The van der Waals surface area contributed by atoms with Crippen LogP contribution >= 0.6 is 0 Å². The van der Waals surface area contributed by atoms with Gasteiger partial charge in [0.15, 0.2) is 5.82 Å². The minimum Gasteiger partial charge on any atom is -0.322 e. The van der Waals surface area contributed by atoms with Crippen molar-refractivity contribution >= 4 is 21.6 Å². The lowest BCUT2D eigenvalue weighted by Crippen LogP contribution is -2.25. The Labute approximate surface area is 162 Å². The van der Waals surface area contributed by atoms with E-state index in [4.69, 9.17) is 0 Å². The summed E-state index contributed by atoms with van der Waals surface area (Å²) in [6.45, 7) is 1.82. The van der Waals surface area contributed by atoms with Crippen molar-refractivity contribution in [3.05, 3.63) is 59.9 Å². The highest BCUT2D eigenvalue weighted by atomic mass is 32.2. The van der Waals surface area contributed by atoms with Crippen molar-refractivity contribution in [1.29, 1.82) is 0 Å². The van der Waals surface area contributed by atoms with E-state index >= 15 is 0 Å². The number of nitrogens with zero attached hydrogens (tertiary/aromatic N) is 2. The summed E-state index contributed by atoms with van der Waals surface area (Å²) < 4.78 is 27.0. The van der Waals surface area contributed by atoms with E-state index in [0.717, 1.165) is 24.2 Å². The summed E-state index contributed by atoms with van der Waals surface area (Å²) in [4.78, 5) is 16.8. The summed E-state index contributed by atoms with van der Waals surface area (Å²) in [6, 6.07) is 13.1. The summed E-state index contributed by atoms with van der Waals surface area (Å²) in [5.74, 6) is 0.998. The Bertz CT molecular complexity index is 1100. The molecule has 3 N–H and O–H groups in total. The predicted octanol–water partition coefficient (Wildman–Crippen LogP) is 2.47. The lowest BCUT2D eigenvalue weighted by atomic mass is 10.1. The Kier molecular flexibility index (Phi) is 4.70. The SMILES string of the molecule is Cc1nc(-c2ccc(NC(=O)c3ccc(S(=O)(=O)NC4CC4)cc3)cc2)n[nH]1. The van der Waals surface area contributed by atoms with Crippen molar-refractivity contribution in [3.63, 3.8) is 0 Å². The number of aromatic nitrogens is 3. The van der Waals surface area contributed by atoms with Crippen LogP contribution in [0.4, 0.5) is 5.69 Å². The molecule has 144 valence electrons. The molecule has 0 unspecified atom stereocenters. The fourth-order valence-electron chi connectivity index (χ4n) is 2.65. The lowest BCUT2D eigenvalue weighted by Gasteiger charge is -2.08. The Balaban J connectivity index is 1.43. The van der Waals surface area contributed by atoms with Crippen LogP contribution in [0.15, 0.2) is 53.4 Å². The molecular weight excluding hydrogens is 378 g/mol. The number of benzene rings is 2. The molecule has 0 saturated heterocycles. The number of rotatable bonds is 6. The number of aromatic amines is 1. The number of aryl methyl sites for hydroxylation is 1. The van der Waals surface area contributed by atoms with E-state index in [1.165, 1.54) is 24.3 Å². The Morgan fingerprint density at radius 3 is 2.32 bits per heavy atom. The molecule has 1 amide bonds. The average Bonchev–Trinajstić information content (AvgIpc) is 3.38. The van der Waals surface area contributed by atoms with E-state index in [1.54, 1.807) is 12.1 Å². The number of anilines is 1. The van der Waals surface area contributed by atoms with Crippen LogP contribution in [0.1, 0.15) is 29.0 Å². The second-order valence-electron chi connectivity index (χ2n) is 6.70. The second kappa shape index (κ2) is 7.17. The number of carbonyl (C=O) groups is 1. The molecule has 3 aromatic rings. The van der Waals surface area contributed by atoms with Gasteiger partial charge in [0.2, 0.25) is 10.0 Å². The largest absolute Gasteiger partial charge is 0.322 e. The third-order valence-corrected chi connectivity index (χ3v) is 5.86. The molecule has 1 heterocycles. The van der Waals surface area contributed by atoms with E-state index in [-0.39, 0.29) is 16.8 Å². The van der Waals surface area contributed by atoms with Gasteiger partial charge in [-0.3, -0.25) is 9.89 Å². The molecule has 8 nitrogen and oxygen atoms in total. The Morgan fingerprint density at radius 1 is 1.07 bits per heavy atom. The molecule has 0 spiro atoms. The van der Waals surface area contributed by atoms with Gasteiger partial charge in [-0.15, -0.1) is 0 Å². The summed E-state index contributed by atoms with van der Waals surface area (Å²) in [7, 11) is -3.52. The Hall–Kier alpha value is -3.04. The smallest absolute Gasteiger partial charge is 0.255 e. The van der Waals surface area contributed by atoms with Crippen LogP contribution in [0.5, 0.6) is 0 Å². The Morgan fingerprint density at radius 2 is 1.75 bits per heavy atom. The molecule has 0 atom stereocenters. The van der Waals surface area contributed by atoms with Crippen LogP contribution in [0, 0.1) is 6.92 Å². The standard InChI is InChI=1S/C19H19N5O3S/c1-12-20-18(23-22-12)13-2-6-15(7-3-13)21-19(25)14-4-10-17(11-5-14)28(26,27)24-16-8-9-16/h2-7,10-11,16,24H,8-9H2,1H3,(H,21,25)(H,20,22,23). The van der Waals surface area contributed by atoms with E-state index in [1.807, 2.05) is 19.1 Å². The molecule has 4 rings (SSSR count). The third kappa shape index (κ3) is 4.10. The molecule has 2 aromatic carbocycles. The summed E-state index contributed by atoms with van der Waals surface area (Å²) in [5.41, 5.74) is 1.83. The van der Waals surface area contributed by atoms with E-state index in [0.29, 0.717) is 17.1 Å². The highest BCUT2D eigenvalue weighted by Crippen LogP contribution is 2.22. The number of amides is 1. The molecular formula is C19H19N5O3S. The first kappa shape index (κ1) is 18.3. The van der Waals surface area contributed by atoms with E-state index < -0.39 is 10.0 Å². The van der Waals surface area contributed by atoms with Gasteiger partial charge in [0.25, 0.3) is 5.91 Å². The maximum Gasteiger partial charge on any atom is 0.255 e. The fraction of sp³-hybridized carbons (Fsp3) is 0.211. The maximum atomic E-state index is 12.4. The molecule has 0 aliphatic heterocycles. The van der Waals surface area contributed by atoms with Crippen LogP contribution < -0.4 is 10.0 Å². The van der Waals surface area contributed by atoms with Gasteiger partial charge in [0.05, 0.1) is 4.90 Å². The minimum absolute atomic E-state index is 0.0385. The van der Waals surface area contributed by atoms with Crippen LogP contribution in [0.25, 0.3) is 11.4 Å². The molecule has 1 aromatic heterocycles. The van der Waals surface area contributed by atoms with Crippen LogP contribution in [0.3, 0.4) is 0 Å². The molecule has 9 heteroatoms. The van der Waals surface area contributed by atoms with Gasteiger partial charge in [0.1, 0.15) is 5.82 Å². The average molecular weight is 397 g/mol. The normalized spacial score (nSPS) is 14.0. The summed E-state index contributed by atoms with van der Waals surface area (Å²) in [5, 5.41) is 9.67. The van der Waals surface area contributed by atoms with Gasteiger partial charge >= 0.3 is 0 Å². The molecule has 1 aliphatic rings. The number of hydrogen-bond donors (Lipinski definition) is 3. The van der Waals surface area contributed by atoms with Crippen molar-refractivity contribution in [2.24, 2.45) is 0 Å². The molecule has 1 aliphatic carbocycles. The zero-order valence-corrected chi connectivity index (χ0v) is 16.0. The monoisotopic (exact) mass is 397 g/mol. The van der Waals surface area contributed by atoms with Crippen LogP contribution in [-0.2, 0) is 10.0 Å². The molecule has 0 bridgehead atoms. The van der Waals surface area contributed by atoms with Crippen molar-refractivity contribution in [1.82, 2.24) is 19.9 Å². The van der Waals surface area contributed by atoms with Gasteiger partial charge in [-0.1, -0.05) is 0 Å². The van der Waals surface area contributed by atoms with Crippen molar-refractivity contribution in [2.75, 3.05) is 5.32 Å². The third-order valence-electron chi connectivity index (χ3n) is 4.32. The first-order chi connectivity index (χ1) is 13.4. The first-order valence-electron chi connectivity index (χ1n) is 8.84. The van der Waals surface area contributed by atoms with Crippen molar-refractivity contribution in [3.8, 4) is 11.4 Å². The number of H-pyrrole nitrogens is 1. The van der Waals surface area contributed by atoms with Gasteiger partial charge in [0, 0.05) is 22.9 Å². The van der Waals surface area contributed by atoms with E-state index in [2.05, 4.69) is 25.2 Å². The number of hydrogen-bond acceptors (Lipinski definition) is 5. The van der Waals surface area contributed by atoms with Crippen LogP contribution in [0.2, 0.25) is 0 Å². The fourth-order valence-corrected chi connectivity index (χ4v) is 3.96. The van der Waals surface area contributed by atoms with Gasteiger partial charge in [-0.05, 0) is 68.3 Å². The predicted molar refractivity (Wildman–Crippen MR) is 104 cm³/mol.